The molecule has 7 nitrogen and oxygen atoms in total. The number of carbonyl (C=O) groups excluding carboxylic acids is 1. The van der Waals surface area contributed by atoms with E-state index in [4.69, 9.17) is 9.72 Å². The van der Waals surface area contributed by atoms with Gasteiger partial charge in [0, 0.05) is 55.2 Å². The molecule has 1 fully saturated rings. The zero-order valence-corrected chi connectivity index (χ0v) is 17.9. The van der Waals surface area contributed by atoms with Gasteiger partial charge in [0.25, 0.3) is 0 Å². The number of hydrogen-bond acceptors (Lipinski definition) is 5. The first kappa shape index (κ1) is 21.0. The largest absolute Gasteiger partial charge is 0.381 e. The number of halogens is 1. The lowest BCUT2D eigenvalue weighted by molar-refractivity contribution is 0.0806. The molecule has 0 spiro atoms. The van der Waals surface area contributed by atoms with Gasteiger partial charge in [-0.1, -0.05) is 0 Å². The lowest BCUT2D eigenvalue weighted by Gasteiger charge is -2.23. The number of ether oxygens (including phenoxy) is 1. The molecule has 162 valence electrons. The highest BCUT2D eigenvalue weighted by atomic mass is 19.1. The van der Waals surface area contributed by atoms with Crippen LogP contribution in [-0.2, 0) is 4.74 Å². The van der Waals surface area contributed by atoms with Gasteiger partial charge >= 0.3 is 6.03 Å². The average molecular weight is 423 g/mol. The van der Waals surface area contributed by atoms with Crippen molar-refractivity contribution in [3.05, 3.63) is 47.5 Å². The van der Waals surface area contributed by atoms with Crippen LogP contribution in [0.5, 0.6) is 0 Å². The molecule has 8 heteroatoms. The zero-order chi connectivity index (χ0) is 22.0. The molecule has 0 unspecified atom stereocenters. The number of nitrogens with zero attached hydrogens (tertiary/aromatic N) is 2. The first-order valence-corrected chi connectivity index (χ1v) is 10.4. The van der Waals surface area contributed by atoms with Gasteiger partial charge in [-0.3, -0.25) is 4.98 Å². The summed E-state index contributed by atoms with van der Waals surface area (Å²) >= 11 is 0. The summed E-state index contributed by atoms with van der Waals surface area (Å²) in [5.74, 6) is 0.266. The maximum absolute atomic E-state index is 14.6. The van der Waals surface area contributed by atoms with Crippen LogP contribution in [0.2, 0.25) is 0 Å². The molecule has 1 saturated heterocycles. The van der Waals surface area contributed by atoms with Gasteiger partial charge in [-0.05, 0) is 56.0 Å². The fraction of sp³-hybridized carbons (Fsp3) is 0.348. The lowest BCUT2D eigenvalue weighted by Crippen LogP contribution is -2.41. The number of urea groups is 1. The van der Waals surface area contributed by atoms with Gasteiger partial charge < -0.3 is 20.7 Å². The Morgan fingerprint density at radius 2 is 1.90 bits per heavy atom. The van der Waals surface area contributed by atoms with Crippen molar-refractivity contribution in [1.82, 2.24) is 15.3 Å². The van der Waals surface area contributed by atoms with E-state index >= 15 is 0 Å². The average Bonchev–Trinajstić information content (AvgIpc) is 2.75. The molecule has 31 heavy (non-hydrogen) atoms. The van der Waals surface area contributed by atoms with Crippen molar-refractivity contribution in [1.29, 1.82) is 0 Å². The molecule has 0 aliphatic carbocycles. The first-order valence-electron chi connectivity index (χ1n) is 10.4. The number of fused-ring (bicyclic) bond motifs is 1. The van der Waals surface area contributed by atoms with Crippen LogP contribution in [0, 0.1) is 19.7 Å². The molecule has 1 aliphatic rings. The number of pyridine rings is 2. The van der Waals surface area contributed by atoms with E-state index < -0.39 is 11.8 Å². The predicted molar refractivity (Wildman–Crippen MR) is 120 cm³/mol. The molecule has 0 saturated carbocycles. The van der Waals surface area contributed by atoms with Crippen LogP contribution < -0.4 is 16.0 Å². The highest BCUT2D eigenvalue weighted by Crippen LogP contribution is 2.32. The molecular weight excluding hydrogens is 397 g/mol. The Hall–Kier alpha value is -3.26. The molecule has 3 heterocycles. The quantitative estimate of drug-likeness (QED) is 0.579. The number of aryl methyl sites for hydroxylation is 2. The van der Waals surface area contributed by atoms with Crippen molar-refractivity contribution in [3.63, 3.8) is 0 Å². The number of rotatable bonds is 4. The standard InChI is InChI=1S/C23H26FN5O2/c1-13-8-19(24)21(29-23(30)28-16-4-6-31-7-5-16)10-17(13)18-9-15-12-26-22(25-3)11-20(15)27-14(18)2/h8-12,16H,4-7H2,1-3H3,(H,25,26)(H2,28,29,30). The molecular formula is C23H26FN5O2. The van der Waals surface area contributed by atoms with Gasteiger partial charge in [0.2, 0.25) is 0 Å². The second-order valence-electron chi connectivity index (χ2n) is 7.77. The Labute approximate surface area is 180 Å². The summed E-state index contributed by atoms with van der Waals surface area (Å²) in [5.41, 5.74) is 4.22. The van der Waals surface area contributed by atoms with Crippen LogP contribution in [0.25, 0.3) is 22.0 Å². The molecule has 0 radical (unpaired) electrons. The van der Waals surface area contributed by atoms with Crippen LogP contribution in [0.15, 0.2) is 30.5 Å². The third-order valence-electron chi connectivity index (χ3n) is 5.55. The summed E-state index contributed by atoms with van der Waals surface area (Å²) in [6, 6.07) is 6.60. The fourth-order valence-electron chi connectivity index (χ4n) is 3.82. The number of nitrogens with one attached hydrogen (secondary N) is 3. The minimum atomic E-state index is -0.477. The molecule has 2 amide bonds. The van der Waals surface area contributed by atoms with E-state index in [0.29, 0.717) is 13.2 Å². The molecule has 4 rings (SSSR count). The summed E-state index contributed by atoms with van der Waals surface area (Å²) in [4.78, 5) is 21.5. The van der Waals surface area contributed by atoms with E-state index in [2.05, 4.69) is 20.9 Å². The molecule has 1 aromatic carbocycles. The Morgan fingerprint density at radius 1 is 1.13 bits per heavy atom. The summed E-state index contributed by atoms with van der Waals surface area (Å²) in [6.45, 7) is 5.00. The predicted octanol–water partition coefficient (Wildman–Crippen LogP) is 4.39. The number of anilines is 2. The van der Waals surface area contributed by atoms with Gasteiger partial charge in [0.05, 0.1) is 11.2 Å². The Balaban J connectivity index is 1.64. The molecule has 0 atom stereocenters. The van der Waals surface area contributed by atoms with Crippen molar-refractivity contribution >= 4 is 28.4 Å². The van der Waals surface area contributed by atoms with Crippen molar-refractivity contribution in [2.45, 2.75) is 32.7 Å². The maximum Gasteiger partial charge on any atom is 0.319 e. The van der Waals surface area contributed by atoms with Crippen molar-refractivity contribution in [3.8, 4) is 11.1 Å². The smallest absolute Gasteiger partial charge is 0.319 e. The number of benzene rings is 1. The van der Waals surface area contributed by atoms with Crippen molar-refractivity contribution in [2.24, 2.45) is 0 Å². The number of amides is 2. The number of carbonyl (C=O) groups is 1. The Kier molecular flexibility index (Phi) is 5.99. The maximum atomic E-state index is 14.6. The second kappa shape index (κ2) is 8.85. The summed E-state index contributed by atoms with van der Waals surface area (Å²) in [6.07, 6.45) is 3.26. The molecule has 0 bridgehead atoms. The molecule has 3 N–H and O–H groups in total. The summed E-state index contributed by atoms with van der Waals surface area (Å²) in [7, 11) is 1.81. The van der Waals surface area contributed by atoms with E-state index in [9.17, 15) is 9.18 Å². The third kappa shape index (κ3) is 4.59. The Morgan fingerprint density at radius 3 is 2.65 bits per heavy atom. The van der Waals surface area contributed by atoms with E-state index in [-0.39, 0.29) is 11.7 Å². The monoisotopic (exact) mass is 423 g/mol. The SMILES string of the molecule is CNc1cc2nc(C)c(-c3cc(NC(=O)NC4CCOCC4)c(F)cc3C)cc2cn1. The molecule has 1 aliphatic heterocycles. The van der Waals surface area contributed by atoms with Gasteiger partial charge in [-0.15, -0.1) is 0 Å². The third-order valence-corrected chi connectivity index (χ3v) is 5.55. The minimum Gasteiger partial charge on any atom is -0.381 e. The minimum absolute atomic E-state index is 0.0312. The van der Waals surface area contributed by atoms with E-state index in [1.165, 1.54) is 6.07 Å². The van der Waals surface area contributed by atoms with Crippen LogP contribution in [0.1, 0.15) is 24.1 Å². The second-order valence-corrected chi connectivity index (χ2v) is 7.77. The zero-order valence-electron chi connectivity index (χ0n) is 17.9. The van der Waals surface area contributed by atoms with Gasteiger partial charge in [-0.2, -0.15) is 0 Å². The topological polar surface area (TPSA) is 88.2 Å². The lowest BCUT2D eigenvalue weighted by atomic mass is 9.97. The van der Waals surface area contributed by atoms with Gasteiger partial charge in [0.15, 0.2) is 0 Å². The summed E-state index contributed by atoms with van der Waals surface area (Å²) in [5, 5.41) is 9.44. The van der Waals surface area contributed by atoms with E-state index in [0.717, 1.165) is 51.9 Å². The summed E-state index contributed by atoms with van der Waals surface area (Å²) < 4.78 is 19.9. The molecule has 2 aromatic heterocycles. The van der Waals surface area contributed by atoms with E-state index in [1.807, 2.05) is 33.0 Å². The van der Waals surface area contributed by atoms with Crippen LogP contribution in [0.4, 0.5) is 20.7 Å². The first-order chi connectivity index (χ1) is 14.9. The fourth-order valence-corrected chi connectivity index (χ4v) is 3.82. The van der Waals surface area contributed by atoms with Crippen LogP contribution >= 0.6 is 0 Å². The van der Waals surface area contributed by atoms with Gasteiger partial charge in [0.1, 0.15) is 11.6 Å². The van der Waals surface area contributed by atoms with Crippen LogP contribution in [0.3, 0.4) is 0 Å². The van der Waals surface area contributed by atoms with Gasteiger partial charge in [-0.25, -0.2) is 14.2 Å². The van der Waals surface area contributed by atoms with E-state index in [1.54, 1.807) is 12.3 Å². The highest BCUT2D eigenvalue weighted by Gasteiger charge is 2.18. The number of aromatic nitrogens is 2. The number of hydrogen-bond donors (Lipinski definition) is 3. The highest BCUT2D eigenvalue weighted by molar-refractivity contribution is 5.92. The van der Waals surface area contributed by atoms with Crippen molar-refractivity contribution < 1.29 is 13.9 Å². The van der Waals surface area contributed by atoms with Crippen LogP contribution in [-0.4, -0.2) is 42.3 Å². The normalized spacial score (nSPS) is 14.5. The Bertz CT molecular complexity index is 1130. The molecule has 3 aromatic rings. The van der Waals surface area contributed by atoms with Crippen molar-refractivity contribution in [2.75, 3.05) is 30.9 Å².